The van der Waals surface area contributed by atoms with Crippen molar-refractivity contribution < 1.29 is 8.42 Å². The van der Waals surface area contributed by atoms with Gasteiger partial charge in [-0.15, -0.1) is 11.3 Å². The van der Waals surface area contributed by atoms with Crippen LogP contribution < -0.4 is 10.0 Å². The zero-order valence-corrected chi connectivity index (χ0v) is 14.8. The monoisotopic (exact) mass is 336 g/mol. The van der Waals surface area contributed by atoms with Gasteiger partial charge in [-0.05, 0) is 57.0 Å². The zero-order chi connectivity index (χ0) is 15.0. The molecule has 1 aromatic heterocycles. The van der Waals surface area contributed by atoms with Crippen molar-refractivity contribution in [2.75, 3.05) is 25.1 Å². The van der Waals surface area contributed by atoms with Crippen LogP contribution in [-0.4, -0.2) is 39.6 Å². The lowest BCUT2D eigenvalue weighted by molar-refractivity contribution is 0.559. The summed E-state index contributed by atoms with van der Waals surface area (Å²) in [5.74, 6) is 0.960. The highest BCUT2D eigenvalue weighted by Crippen LogP contribution is 2.22. The predicted octanol–water partition coefficient (Wildman–Crippen LogP) is 2.32. The second-order valence-corrected chi connectivity index (χ2v) is 8.72. The van der Waals surface area contributed by atoms with Crippen molar-refractivity contribution in [1.82, 2.24) is 10.0 Å². The van der Waals surface area contributed by atoms with Crippen LogP contribution in [0.1, 0.15) is 25.1 Å². The van der Waals surface area contributed by atoms with Crippen LogP contribution in [0.25, 0.3) is 0 Å². The Balaban J connectivity index is 2.59. The molecule has 0 aliphatic heterocycles. The third-order valence-electron chi connectivity index (χ3n) is 2.81. The number of hydrogen-bond donors (Lipinski definition) is 2. The smallest absolute Gasteiger partial charge is 0.250 e. The van der Waals surface area contributed by atoms with E-state index in [-0.39, 0.29) is 6.04 Å². The molecule has 20 heavy (non-hydrogen) atoms. The van der Waals surface area contributed by atoms with Crippen molar-refractivity contribution >= 4 is 33.1 Å². The third kappa shape index (κ3) is 6.13. The Morgan fingerprint density at radius 1 is 1.40 bits per heavy atom. The molecule has 7 heteroatoms. The molecular weight excluding hydrogens is 312 g/mol. The van der Waals surface area contributed by atoms with Crippen molar-refractivity contribution in [2.45, 2.75) is 36.9 Å². The number of likely N-dealkylation sites (N-methyl/N-ethyl adjacent to an activating group) is 1. The molecule has 0 bridgehead atoms. The Hall–Kier alpha value is -0.0800. The van der Waals surface area contributed by atoms with Crippen molar-refractivity contribution in [3.8, 4) is 0 Å². The fourth-order valence-corrected chi connectivity index (χ4v) is 4.94. The summed E-state index contributed by atoms with van der Waals surface area (Å²) in [7, 11) is -3.36. The van der Waals surface area contributed by atoms with Crippen LogP contribution >= 0.6 is 23.1 Å². The van der Waals surface area contributed by atoms with E-state index in [4.69, 9.17) is 0 Å². The van der Waals surface area contributed by atoms with Gasteiger partial charge < -0.3 is 5.32 Å². The summed E-state index contributed by atoms with van der Waals surface area (Å²) in [6.07, 6.45) is 3.74. The van der Waals surface area contributed by atoms with Crippen LogP contribution in [0.5, 0.6) is 0 Å². The first-order valence-electron chi connectivity index (χ1n) is 6.80. The van der Waals surface area contributed by atoms with Crippen molar-refractivity contribution in [2.24, 2.45) is 0 Å². The van der Waals surface area contributed by atoms with Gasteiger partial charge in [0.1, 0.15) is 4.21 Å². The molecule has 0 saturated heterocycles. The minimum atomic E-state index is -3.36. The Kier molecular flexibility index (Phi) is 8.13. The minimum Gasteiger partial charge on any atom is -0.317 e. The summed E-state index contributed by atoms with van der Waals surface area (Å²) < 4.78 is 27.6. The summed E-state index contributed by atoms with van der Waals surface area (Å²) in [6.45, 7) is 5.79. The number of hydrogen-bond acceptors (Lipinski definition) is 5. The first kappa shape index (κ1) is 18.0. The standard InChI is InChI=1S/C13H24N2O2S3/c1-4-14-9-7-12-5-6-13(19-12)20(16,17)15-11(2)8-10-18-3/h5-6,11,14-15H,4,7-10H2,1-3H3. The summed E-state index contributed by atoms with van der Waals surface area (Å²) in [6, 6.07) is 3.58. The lowest BCUT2D eigenvalue weighted by Gasteiger charge is -2.12. The normalized spacial score (nSPS) is 13.6. The fourth-order valence-electron chi connectivity index (χ4n) is 1.70. The molecule has 1 atom stereocenters. The number of rotatable bonds is 10. The quantitative estimate of drug-likeness (QED) is 0.644. The van der Waals surface area contributed by atoms with Gasteiger partial charge in [-0.3, -0.25) is 0 Å². The molecular formula is C13H24N2O2S3. The molecule has 1 heterocycles. The Morgan fingerprint density at radius 2 is 2.15 bits per heavy atom. The summed E-state index contributed by atoms with van der Waals surface area (Å²) in [5, 5.41) is 3.24. The van der Waals surface area contributed by atoms with Gasteiger partial charge in [0, 0.05) is 10.9 Å². The molecule has 0 aliphatic rings. The maximum atomic E-state index is 12.2. The van der Waals surface area contributed by atoms with E-state index < -0.39 is 10.0 Å². The molecule has 0 saturated carbocycles. The van der Waals surface area contributed by atoms with E-state index in [2.05, 4.69) is 17.0 Å². The highest BCUT2D eigenvalue weighted by atomic mass is 32.2. The summed E-state index contributed by atoms with van der Waals surface area (Å²) in [4.78, 5) is 1.10. The second-order valence-electron chi connectivity index (χ2n) is 4.63. The number of thiophene rings is 1. The largest absolute Gasteiger partial charge is 0.317 e. The van der Waals surface area contributed by atoms with E-state index in [1.807, 2.05) is 19.2 Å². The van der Waals surface area contributed by atoms with Crippen LogP contribution in [0.2, 0.25) is 0 Å². The van der Waals surface area contributed by atoms with Crippen molar-refractivity contribution in [3.05, 3.63) is 17.0 Å². The molecule has 2 N–H and O–H groups in total. The highest BCUT2D eigenvalue weighted by molar-refractivity contribution is 7.98. The minimum absolute atomic E-state index is 0.0280. The molecule has 0 aliphatic carbocycles. The highest BCUT2D eigenvalue weighted by Gasteiger charge is 2.19. The van der Waals surface area contributed by atoms with Crippen LogP contribution in [-0.2, 0) is 16.4 Å². The molecule has 0 aromatic carbocycles. The molecule has 0 spiro atoms. The van der Waals surface area contributed by atoms with Gasteiger partial charge >= 0.3 is 0 Å². The van der Waals surface area contributed by atoms with Gasteiger partial charge in [0.15, 0.2) is 0 Å². The average molecular weight is 337 g/mol. The van der Waals surface area contributed by atoms with E-state index in [0.717, 1.165) is 36.6 Å². The number of nitrogens with one attached hydrogen (secondary N) is 2. The molecule has 116 valence electrons. The Bertz CT molecular complexity index is 486. The van der Waals surface area contributed by atoms with E-state index >= 15 is 0 Å². The average Bonchev–Trinajstić information content (AvgIpc) is 2.86. The second kappa shape index (κ2) is 9.04. The molecule has 0 radical (unpaired) electrons. The van der Waals surface area contributed by atoms with Crippen LogP contribution in [0.3, 0.4) is 0 Å². The summed E-state index contributed by atoms with van der Waals surface area (Å²) in [5.41, 5.74) is 0. The lowest BCUT2D eigenvalue weighted by atomic mass is 10.3. The van der Waals surface area contributed by atoms with Gasteiger partial charge in [-0.1, -0.05) is 6.92 Å². The Labute approximate surface area is 130 Å². The van der Waals surface area contributed by atoms with Crippen molar-refractivity contribution in [1.29, 1.82) is 0 Å². The molecule has 0 amide bonds. The van der Waals surface area contributed by atoms with Gasteiger partial charge in [-0.25, -0.2) is 13.1 Å². The fraction of sp³-hybridized carbons (Fsp3) is 0.692. The number of thioether (sulfide) groups is 1. The van der Waals surface area contributed by atoms with E-state index in [1.54, 1.807) is 17.8 Å². The van der Waals surface area contributed by atoms with Gasteiger partial charge in [-0.2, -0.15) is 11.8 Å². The lowest BCUT2D eigenvalue weighted by Crippen LogP contribution is -2.32. The molecule has 1 unspecified atom stereocenters. The zero-order valence-electron chi connectivity index (χ0n) is 12.3. The first-order chi connectivity index (χ1) is 9.49. The van der Waals surface area contributed by atoms with E-state index in [1.165, 1.54) is 11.3 Å². The Morgan fingerprint density at radius 3 is 2.80 bits per heavy atom. The number of sulfonamides is 1. The van der Waals surface area contributed by atoms with E-state index in [0.29, 0.717) is 4.21 Å². The molecule has 1 rings (SSSR count). The topological polar surface area (TPSA) is 58.2 Å². The van der Waals surface area contributed by atoms with Gasteiger partial charge in [0.25, 0.3) is 0 Å². The first-order valence-corrected chi connectivity index (χ1v) is 10.5. The summed E-state index contributed by atoms with van der Waals surface area (Å²) >= 11 is 3.09. The van der Waals surface area contributed by atoms with E-state index in [9.17, 15) is 8.42 Å². The van der Waals surface area contributed by atoms with Gasteiger partial charge in [0.05, 0.1) is 0 Å². The molecule has 1 aromatic rings. The SMILES string of the molecule is CCNCCc1ccc(S(=O)(=O)NC(C)CCSC)s1. The van der Waals surface area contributed by atoms with Crippen LogP contribution in [0, 0.1) is 0 Å². The van der Waals surface area contributed by atoms with Crippen LogP contribution in [0.4, 0.5) is 0 Å². The van der Waals surface area contributed by atoms with Crippen molar-refractivity contribution in [3.63, 3.8) is 0 Å². The third-order valence-corrected chi connectivity index (χ3v) is 6.68. The maximum absolute atomic E-state index is 12.2. The van der Waals surface area contributed by atoms with Crippen LogP contribution in [0.15, 0.2) is 16.3 Å². The predicted molar refractivity (Wildman–Crippen MR) is 89.3 cm³/mol. The molecule has 0 fully saturated rings. The maximum Gasteiger partial charge on any atom is 0.250 e. The molecule has 4 nitrogen and oxygen atoms in total. The van der Waals surface area contributed by atoms with Gasteiger partial charge in [0.2, 0.25) is 10.0 Å².